The predicted molar refractivity (Wildman–Crippen MR) is 118 cm³/mol. The van der Waals surface area contributed by atoms with Gasteiger partial charge in [-0.2, -0.15) is 4.31 Å². The van der Waals surface area contributed by atoms with Crippen molar-refractivity contribution in [3.63, 3.8) is 0 Å². The lowest BCUT2D eigenvalue weighted by Crippen LogP contribution is -2.48. The van der Waals surface area contributed by atoms with E-state index in [1.807, 2.05) is 25.1 Å². The Kier molecular flexibility index (Phi) is 5.92. The van der Waals surface area contributed by atoms with E-state index in [0.717, 1.165) is 16.5 Å². The van der Waals surface area contributed by atoms with Crippen LogP contribution in [-0.2, 0) is 16.6 Å². The maximum Gasteiger partial charge on any atom is 0.336 e. The fourth-order valence-electron chi connectivity index (χ4n) is 3.62. The summed E-state index contributed by atoms with van der Waals surface area (Å²) in [5.74, 6) is 0. The molecule has 0 spiro atoms. The van der Waals surface area contributed by atoms with Gasteiger partial charge in [-0.05, 0) is 42.3 Å². The molecule has 0 atom stereocenters. The quantitative estimate of drug-likeness (QED) is 0.545. The Hall–Kier alpha value is -1.90. The normalized spacial score (nSPS) is 16.2. The molecule has 0 unspecified atom stereocenters. The van der Waals surface area contributed by atoms with E-state index in [4.69, 9.17) is 27.6 Å². The first-order valence-corrected chi connectivity index (χ1v) is 11.6. The predicted octanol–water partition coefficient (Wildman–Crippen LogP) is 3.91. The molecule has 0 radical (unpaired) electrons. The second kappa shape index (κ2) is 8.32. The Labute approximate surface area is 184 Å². The molecule has 2 heterocycles. The van der Waals surface area contributed by atoms with Crippen molar-refractivity contribution in [3.05, 3.63) is 74.1 Å². The van der Waals surface area contributed by atoms with E-state index in [9.17, 15) is 13.2 Å². The molecule has 2 aromatic carbocycles. The van der Waals surface area contributed by atoms with Crippen LogP contribution in [0.4, 0.5) is 0 Å². The van der Waals surface area contributed by atoms with Gasteiger partial charge in [0, 0.05) is 44.2 Å². The second-order valence-corrected chi connectivity index (χ2v) is 10.1. The van der Waals surface area contributed by atoms with Crippen molar-refractivity contribution in [1.29, 1.82) is 0 Å². The van der Waals surface area contributed by atoms with Gasteiger partial charge in [0.05, 0.1) is 14.9 Å². The summed E-state index contributed by atoms with van der Waals surface area (Å²) in [5, 5.41) is 1.42. The Bertz CT molecular complexity index is 1270. The van der Waals surface area contributed by atoms with Crippen LogP contribution in [0.5, 0.6) is 0 Å². The van der Waals surface area contributed by atoms with Gasteiger partial charge in [0.2, 0.25) is 10.0 Å². The number of hydrogen-bond acceptors (Lipinski definition) is 5. The number of aryl methyl sites for hydroxylation is 1. The molecule has 1 fully saturated rings. The van der Waals surface area contributed by atoms with Gasteiger partial charge in [-0.15, -0.1) is 0 Å². The first kappa shape index (κ1) is 21.3. The summed E-state index contributed by atoms with van der Waals surface area (Å²) in [6.07, 6.45) is 0. The molecule has 9 heteroatoms. The van der Waals surface area contributed by atoms with Crippen molar-refractivity contribution in [2.75, 3.05) is 26.2 Å². The van der Waals surface area contributed by atoms with E-state index >= 15 is 0 Å². The average molecular weight is 467 g/mol. The molecule has 0 aliphatic carbocycles. The van der Waals surface area contributed by atoms with Crippen LogP contribution in [0.1, 0.15) is 11.1 Å². The summed E-state index contributed by atoms with van der Waals surface area (Å²) in [4.78, 5) is 14.2. The molecule has 1 aliphatic heterocycles. The molecular formula is C21H20Cl2N2O4S. The van der Waals surface area contributed by atoms with E-state index in [1.165, 1.54) is 28.6 Å². The highest BCUT2D eigenvalue weighted by molar-refractivity contribution is 7.89. The Morgan fingerprint density at radius 2 is 1.70 bits per heavy atom. The zero-order valence-electron chi connectivity index (χ0n) is 16.3. The molecule has 158 valence electrons. The summed E-state index contributed by atoms with van der Waals surface area (Å²) in [5.41, 5.74) is 2.08. The van der Waals surface area contributed by atoms with Crippen LogP contribution in [0.25, 0.3) is 11.0 Å². The Balaban J connectivity index is 1.49. The molecule has 3 aromatic rings. The third kappa shape index (κ3) is 4.26. The van der Waals surface area contributed by atoms with Crippen LogP contribution in [-0.4, -0.2) is 43.8 Å². The van der Waals surface area contributed by atoms with Crippen LogP contribution < -0.4 is 5.63 Å². The van der Waals surface area contributed by atoms with Gasteiger partial charge in [0.1, 0.15) is 5.58 Å². The first-order chi connectivity index (χ1) is 14.2. The molecule has 6 nitrogen and oxygen atoms in total. The van der Waals surface area contributed by atoms with Crippen LogP contribution >= 0.6 is 23.2 Å². The third-order valence-corrected chi connectivity index (χ3v) is 7.87. The first-order valence-electron chi connectivity index (χ1n) is 9.45. The van der Waals surface area contributed by atoms with Crippen LogP contribution in [0.2, 0.25) is 10.0 Å². The van der Waals surface area contributed by atoms with E-state index in [2.05, 4.69) is 4.90 Å². The maximum atomic E-state index is 12.9. The second-order valence-electron chi connectivity index (χ2n) is 7.35. The number of fused-ring (bicyclic) bond motifs is 1. The zero-order chi connectivity index (χ0) is 21.5. The molecule has 1 aromatic heterocycles. The summed E-state index contributed by atoms with van der Waals surface area (Å²) < 4.78 is 32.6. The number of halogens is 2. The number of sulfonamides is 1. The smallest absolute Gasteiger partial charge is 0.336 e. The molecule has 30 heavy (non-hydrogen) atoms. The Morgan fingerprint density at radius 3 is 2.40 bits per heavy atom. The van der Waals surface area contributed by atoms with Crippen LogP contribution in [0, 0.1) is 6.92 Å². The van der Waals surface area contributed by atoms with E-state index in [-0.39, 0.29) is 15.5 Å². The Morgan fingerprint density at radius 1 is 0.967 bits per heavy atom. The molecule has 1 saturated heterocycles. The van der Waals surface area contributed by atoms with Crippen molar-refractivity contribution < 1.29 is 12.8 Å². The van der Waals surface area contributed by atoms with Gasteiger partial charge < -0.3 is 4.42 Å². The maximum absolute atomic E-state index is 12.9. The topological polar surface area (TPSA) is 70.8 Å². The summed E-state index contributed by atoms with van der Waals surface area (Å²) in [6, 6.07) is 11.6. The molecule has 4 rings (SSSR count). The minimum Gasteiger partial charge on any atom is -0.423 e. The lowest BCUT2D eigenvalue weighted by atomic mass is 10.1. The van der Waals surface area contributed by atoms with Gasteiger partial charge in [-0.3, -0.25) is 4.90 Å². The van der Waals surface area contributed by atoms with Crippen molar-refractivity contribution >= 4 is 44.2 Å². The van der Waals surface area contributed by atoms with Crippen molar-refractivity contribution in [1.82, 2.24) is 9.21 Å². The average Bonchev–Trinajstić information content (AvgIpc) is 2.70. The monoisotopic (exact) mass is 466 g/mol. The highest BCUT2D eigenvalue weighted by atomic mass is 35.5. The molecule has 0 saturated carbocycles. The number of benzene rings is 2. The van der Waals surface area contributed by atoms with Gasteiger partial charge in [0.15, 0.2) is 0 Å². The molecular weight excluding hydrogens is 447 g/mol. The fourth-order valence-corrected chi connectivity index (χ4v) is 5.43. The number of hydrogen-bond donors (Lipinski definition) is 0. The standard InChI is InChI=1S/C21H20Cl2N2O4S/c1-14-2-4-17-15(11-21(26)29-20(17)10-14)13-24-6-8-25(9-7-24)30(27,28)16-3-5-18(22)19(23)12-16/h2-5,10-12H,6-9,13H2,1H3. The minimum atomic E-state index is -3.65. The largest absolute Gasteiger partial charge is 0.423 e. The highest BCUT2D eigenvalue weighted by Crippen LogP contribution is 2.27. The third-order valence-electron chi connectivity index (χ3n) is 5.24. The molecule has 0 N–H and O–H groups in total. The summed E-state index contributed by atoms with van der Waals surface area (Å²) >= 11 is 11.9. The lowest BCUT2D eigenvalue weighted by molar-refractivity contribution is 0.182. The minimum absolute atomic E-state index is 0.132. The van der Waals surface area contributed by atoms with E-state index in [1.54, 1.807) is 0 Å². The van der Waals surface area contributed by atoms with Crippen molar-refractivity contribution in [2.45, 2.75) is 18.4 Å². The van der Waals surface area contributed by atoms with Crippen LogP contribution in [0.3, 0.4) is 0 Å². The number of piperazine rings is 1. The van der Waals surface area contributed by atoms with Gasteiger partial charge in [0.25, 0.3) is 0 Å². The van der Waals surface area contributed by atoms with Crippen molar-refractivity contribution in [2.24, 2.45) is 0 Å². The summed E-state index contributed by atoms with van der Waals surface area (Å²) in [6.45, 7) is 4.29. The summed E-state index contributed by atoms with van der Waals surface area (Å²) in [7, 11) is -3.65. The van der Waals surface area contributed by atoms with Gasteiger partial charge in [-0.25, -0.2) is 13.2 Å². The highest BCUT2D eigenvalue weighted by Gasteiger charge is 2.29. The van der Waals surface area contributed by atoms with Gasteiger partial charge >= 0.3 is 5.63 Å². The van der Waals surface area contributed by atoms with E-state index in [0.29, 0.717) is 43.3 Å². The zero-order valence-corrected chi connectivity index (χ0v) is 18.6. The fraction of sp³-hybridized carbons (Fsp3) is 0.286. The van der Waals surface area contributed by atoms with Crippen LogP contribution in [0.15, 0.2) is 56.6 Å². The molecule has 1 aliphatic rings. The molecule has 0 amide bonds. The van der Waals surface area contributed by atoms with Gasteiger partial charge in [-0.1, -0.05) is 35.3 Å². The lowest BCUT2D eigenvalue weighted by Gasteiger charge is -2.34. The molecule has 0 bridgehead atoms. The number of rotatable bonds is 4. The van der Waals surface area contributed by atoms with Crippen molar-refractivity contribution in [3.8, 4) is 0 Å². The SMILES string of the molecule is Cc1ccc2c(CN3CCN(S(=O)(=O)c4ccc(Cl)c(Cl)c4)CC3)cc(=O)oc2c1. The van der Waals surface area contributed by atoms with E-state index < -0.39 is 10.0 Å². The number of nitrogens with zero attached hydrogens (tertiary/aromatic N) is 2.